The lowest BCUT2D eigenvalue weighted by Crippen LogP contribution is -2.09. The predicted octanol–water partition coefficient (Wildman–Crippen LogP) is 1.25. The lowest BCUT2D eigenvalue weighted by Gasteiger charge is -2.03. The normalized spacial score (nSPS) is 18.4. The first-order chi connectivity index (χ1) is 3.72. The number of carbonyl (C=O) groups is 1. The van der Waals surface area contributed by atoms with Crippen molar-refractivity contribution in [3.05, 3.63) is 24.4 Å². The molecule has 0 fully saturated rings. The molecule has 2 nitrogen and oxygen atoms in total. The Morgan fingerprint density at radius 2 is 2.25 bits per heavy atom. The number of rotatable bonds is 0. The average Bonchev–Trinajstić information content (AvgIpc) is 1.98. The second-order valence-electron chi connectivity index (χ2n) is 1.44. The molecule has 8 heavy (non-hydrogen) atoms. The second-order valence-corrected chi connectivity index (χ2v) is 2.41. The van der Waals surface area contributed by atoms with Crippen LogP contribution >= 0.6 is 22.9 Å². The summed E-state index contributed by atoms with van der Waals surface area (Å²) in [5.74, 6) is -0.00407. The fourth-order valence-corrected chi connectivity index (χ4v) is 0.762. The van der Waals surface area contributed by atoms with Gasteiger partial charge in [-0.25, -0.2) is 3.11 Å². The van der Waals surface area contributed by atoms with Crippen molar-refractivity contribution in [3.8, 4) is 0 Å². The van der Waals surface area contributed by atoms with Gasteiger partial charge in [-0.1, -0.05) is 6.58 Å². The fourth-order valence-electron chi connectivity index (χ4n) is 0.440. The van der Waals surface area contributed by atoms with E-state index in [4.69, 9.17) is 0 Å². The van der Waals surface area contributed by atoms with Crippen LogP contribution in [0.4, 0.5) is 0 Å². The van der Waals surface area contributed by atoms with Gasteiger partial charge in [0.05, 0.1) is 22.9 Å². The van der Waals surface area contributed by atoms with Gasteiger partial charge in [-0.3, -0.25) is 4.79 Å². The van der Waals surface area contributed by atoms with Crippen molar-refractivity contribution in [3.63, 3.8) is 0 Å². The molecule has 0 saturated carbocycles. The largest absolute Gasteiger partial charge is 0.269 e. The molecule has 0 bridgehead atoms. The molecule has 1 aliphatic heterocycles. The Labute approximate surface area is 61.4 Å². The Hall–Kier alpha value is -0.320. The molecule has 3 heteroatoms. The van der Waals surface area contributed by atoms with Gasteiger partial charge in [0.25, 0.3) is 5.91 Å². The Morgan fingerprint density at radius 1 is 1.62 bits per heavy atom. The third-order valence-electron chi connectivity index (χ3n) is 0.864. The molecule has 0 saturated heterocycles. The zero-order valence-corrected chi connectivity index (χ0v) is 6.25. The van der Waals surface area contributed by atoms with E-state index in [0.29, 0.717) is 0 Å². The number of hydrogen-bond donors (Lipinski definition) is 0. The monoisotopic (exact) mass is 221 g/mol. The van der Waals surface area contributed by atoms with Gasteiger partial charge in [0.1, 0.15) is 0 Å². The first-order valence-corrected chi connectivity index (χ1v) is 3.05. The van der Waals surface area contributed by atoms with Crippen molar-refractivity contribution in [1.82, 2.24) is 3.11 Å². The first-order valence-electron chi connectivity index (χ1n) is 2.08. The fraction of sp³-hybridized carbons (Fsp3) is 0. The highest BCUT2D eigenvalue weighted by Crippen LogP contribution is 2.16. The lowest BCUT2D eigenvalue weighted by molar-refractivity contribution is -0.118. The second kappa shape index (κ2) is 1.89. The van der Waals surface area contributed by atoms with E-state index in [9.17, 15) is 4.79 Å². The molecular formula is C5H4INO. The molecule has 0 aliphatic carbocycles. The molecule has 0 N–H and O–H groups in total. The summed E-state index contributed by atoms with van der Waals surface area (Å²) in [7, 11) is 0. The summed E-state index contributed by atoms with van der Waals surface area (Å²) in [6.07, 6.45) is 3.18. The van der Waals surface area contributed by atoms with Crippen LogP contribution in [0.25, 0.3) is 0 Å². The minimum Gasteiger partial charge on any atom is -0.269 e. The molecule has 1 heterocycles. The maximum atomic E-state index is 10.6. The molecule has 0 radical (unpaired) electrons. The van der Waals surface area contributed by atoms with Crippen LogP contribution in [-0.2, 0) is 4.79 Å². The van der Waals surface area contributed by atoms with E-state index in [1.165, 1.54) is 9.19 Å². The average molecular weight is 221 g/mol. The molecule has 42 valence electrons. The van der Waals surface area contributed by atoms with E-state index in [-0.39, 0.29) is 5.91 Å². The molecule has 1 amide bonds. The Bertz CT molecular complexity index is 155. The van der Waals surface area contributed by atoms with Crippen LogP contribution in [0.3, 0.4) is 0 Å². The SMILES string of the molecule is C=C1C=CC(=O)N1I. The van der Waals surface area contributed by atoms with Crippen molar-refractivity contribution in [2.75, 3.05) is 0 Å². The van der Waals surface area contributed by atoms with Crippen LogP contribution in [0.15, 0.2) is 24.4 Å². The number of carbonyl (C=O) groups excluding carboxylic acids is 1. The molecule has 0 aromatic heterocycles. The highest BCUT2D eigenvalue weighted by Gasteiger charge is 2.13. The topological polar surface area (TPSA) is 20.3 Å². The maximum absolute atomic E-state index is 10.6. The smallest absolute Gasteiger partial charge is 0.259 e. The summed E-state index contributed by atoms with van der Waals surface area (Å²) < 4.78 is 1.47. The molecule has 1 rings (SSSR count). The lowest BCUT2D eigenvalue weighted by atomic mass is 10.5. The molecule has 0 unspecified atom stereocenters. The first kappa shape index (κ1) is 5.81. The van der Waals surface area contributed by atoms with Crippen molar-refractivity contribution in [1.29, 1.82) is 0 Å². The van der Waals surface area contributed by atoms with Gasteiger partial charge >= 0.3 is 0 Å². The summed E-state index contributed by atoms with van der Waals surface area (Å²) in [6.45, 7) is 3.60. The number of allylic oxidation sites excluding steroid dienone is 1. The van der Waals surface area contributed by atoms with E-state index in [1.807, 2.05) is 22.9 Å². The molecule has 1 aliphatic rings. The van der Waals surface area contributed by atoms with Crippen LogP contribution in [0.1, 0.15) is 0 Å². The summed E-state index contributed by atoms with van der Waals surface area (Å²) in [5, 5.41) is 0. The maximum Gasteiger partial charge on any atom is 0.259 e. The summed E-state index contributed by atoms with van der Waals surface area (Å²) >= 11 is 1.91. The highest BCUT2D eigenvalue weighted by atomic mass is 127. The van der Waals surface area contributed by atoms with Crippen molar-refractivity contribution in [2.24, 2.45) is 0 Å². The molecule has 0 aromatic carbocycles. The molecular weight excluding hydrogens is 217 g/mol. The number of nitrogens with zero attached hydrogens (tertiary/aromatic N) is 1. The van der Waals surface area contributed by atoms with Gasteiger partial charge in [-0.15, -0.1) is 0 Å². The van der Waals surface area contributed by atoms with Crippen molar-refractivity contribution in [2.45, 2.75) is 0 Å². The predicted molar refractivity (Wildman–Crippen MR) is 39.1 cm³/mol. The zero-order chi connectivity index (χ0) is 6.15. The van der Waals surface area contributed by atoms with E-state index in [2.05, 4.69) is 6.58 Å². The number of hydrogen-bond acceptors (Lipinski definition) is 1. The van der Waals surface area contributed by atoms with Gasteiger partial charge in [0.15, 0.2) is 0 Å². The minimum absolute atomic E-state index is 0.00407. The van der Waals surface area contributed by atoms with Crippen LogP contribution in [-0.4, -0.2) is 9.02 Å². The van der Waals surface area contributed by atoms with Gasteiger partial charge in [-0.05, 0) is 6.08 Å². The third-order valence-corrected chi connectivity index (χ3v) is 1.96. The minimum atomic E-state index is -0.00407. The summed E-state index contributed by atoms with van der Waals surface area (Å²) in [5.41, 5.74) is 0.746. The molecule has 0 atom stereocenters. The van der Waals surface area contributed by atoms with Gasteiger partial charge in [0, 0.05) is 11.8 Å². The van der Waals surface area contributed by atoms with E-state index < -0.39 is 0 Å². The van der Waals surface area contributed by atoms with E-state index in [1.54, 1.807) is 6.08 Å². The quantitative estimate of drug-likeness (QED) is 0.445. The standard InChI is InChI=1S/C5H4INO/c1-4-2-3-5(8)7(4)6/h2-3H,1H2. The van der Waals surface area contributed by atoms with Gasteiger partial charge < -0.3 is 0 Å². The van der Waals surface area contributed by atoms with Crippen molar-refractivity contribution >= 4 is 28.8 Å². The van der Waals surface area contributed by atoms with E-state index in [0.717, 1.165) is 5.70 Å². The number of halogens is 1. The Kier molecular flexibility index (Phi) is 1.37. The summed E-state index contributed by atoms with van der Waals surface area (Å²) in [4.78, 5) is 10.6. The Balaban J connectivity index is 2.84. The van der Waals surface area contributed by atoms with Crippen LogP contribution in [0.2, 0.25) is 0 Å². The van der Waals surface area contributed by atoms with Gasteiger partial charge in [-0.2, -0.15) is 0 Å². The van der Waals surface area contributed by atoms with Crippen molar-refractivity contribution < 1.29 is 4.79 Å². The van der Waals surface area contributed by atoms with Crippen LogP contribution in [0.5, 0.6) is 0 Å². The Morgan fingerprint density at radius 3 is 2.38 bits per heavy atom. The molecule has 0 aromatic rings. The highest BCUT2D eigenvalue weighted by molar-refractivity contribution is 14.1. The summed E-state index contributed by atoms with van der Waals surface area (Å²) in [6, 6.07) is 0. The molecule has 0 spiro atoms. The zero-order valence-electron chi connectivity index (χ0n) is 4.10. The number of amides is 1. The van der Waals surface area contributed by atoms with E-state index >= 15 is 0 Å². The van der Waals surface area contributed by atoms with Crippen LogP contribution in [0, 0.1) is 0 Å². The van der Waals surface area contributed by atoms with Crippen LogP contribution < -0.4 is 0 Å². The third kappa shape index (κ3) is 0.774. The van der Waals surface area contributed by atoms with Gasteiger partial charge in [0.2, 0.25) is 0 Å².